The number of benzene rings is 2. The number of Topliss-reactive ketones (excluding diaryl/α,β-unsaturated/α-hetero) is 1. The molecule has 1 atom stereocenters. The van der Waals surface area contributed by atoms with Crippen LogP contribution in [0.1, 0.15) is 36.2 Å². The number of nitrogens with one attached hydrogen (secondary N) is 1. The van der Waals surface area contributed by atoms with Crippen LogP contribution in [0, 0.1) is 11.6 Å². The first-order valence-electron chi connectivity index (χ1n) is 11.0. The molecule has 2 amide bonds. The van der Waals surface area contributed by atoms with Crippen molar-refractivity contribution in [3.05, 3.63) is 64.2 Å². The Bertz CT molecular complexity index is 1130. The van der Waals surface area contributed by atoms with E-state index in [0.29, 0.717) is 22.8 Å². The topological polar surface area (TPSA) is 84.9 Å². The Labute approximate surface area is 206 Å². The van der Waals surface area contributed by atoms with Gasteiger partial charge in [-0.3, -0.25) is 14.4 Å². The molecule has 7 nitrogen and oxygen atoms in total. The van der Waals surface area contributed by atoms with Crippen molar-refractivity contribution < 1.29 is 32.6 Å². The molecule has 0 aliphatic carbocycles. The maximum atomic E-state index is 14.3. The van der Waals surface area contributed by atoms with Crippen LogP contribution in [0.3, 0.4) is 0 Å². The molecular formula is C25H25ClF2N2O5. The van der Waals surface area contributed by atoms with Crippen molar-refractivity contribution in [1.82, 2.24) is 4.90 Å². The molecular weight excluding hydrogens is 482 g/mol. The minimum atomic E-state index is -0.980. The maximum absolute atomic E-state index is 14.3. The summed E-state index contributed by atoms with van der Waals surface area (Å²) < 4.78 is 39.5. The van der Waals surface area contributed by atoms with Gasteiger partial charge in [0.25, 0.3) is 0 Å². The zero-order valence-corrected chi connectivity index (χ0v) is 20.0. The molecule has 1 aliphatic rings. The normalized spacial score (nSPS) is 15.8. The molecule has 0 radical (unpaired) electrons. The molecule has 1 heterocycles. The molecule has 35 heavy (non-hydrogen) atoms. The minimum absolute atomic E-state index is 0.0605. The summed E-state index contributed by atoms with van der Waals surface area (Å²) in [6.07, 6.45) is 2.44. The molecule has 1 aliphatic heterocycles. The predicted molar refractivity (Wildman–Crippen MR) is 128 cm³/mol. The number of rotatable bonds is 8. The Kier molecular flexibility index (Phi) is 8.95. The average molecular weight is 507 g/mol. The van der Waals surface area contributed by atoms with E-state index in [0.717, 1.165) is 12.1 Å². The largest absolute Gasteiger partial charge is 0.485 e. The van der Waals surface area contributed by atoms with E-state index < -0.39 is 23.5 Å². The number of carbonyl (C=O) groups is 3. The molecule has 0 aromatic heterocycles. The third kappa shape index (κ3) is 7.10. The summed E-state index contributed by atoms with van der Waals surface area (Å²) >= 11 is 5.98. The van der Waals surface area contributed by atoms with Crippen LogP contribution in [0.5, 0.6) is 5.75 Å². The molecule has 1 unspecified atom stereocenters. The first-order valence-corrected chi connectivity index (χ1v) is 11.4. The SMILES string of the molecule is CCC(=O)c1cc(F)c(OCC2CN(C(=O)C=Cc3ccc(Cl)cc3NC(C)=O)CCO2)c(F)c1. The fourth-order valence-electron chi connectivity index (χ4n) is 3.50. The van der Waals surface area contributed by atoms with Crippen LogP contribution in [0.4, 0.5) is 14.5 Å². The van der Waals surface area contributed by atoms with Crippen molar-refractivity contribution in [1.29, 1.82) is 0 Å². The second-order valence-electron chi connectivity index (χ2n) is 7.88. The lowest BCUT2D eigenvalue weighted by molar-refractivity contribution is -0.134. The Morgan fingerprint density at radius 2 is 1.94 bits per heavy atom. The number of carbonyl (C=O) groups excluding carboxylic acids is 3. The van der Waals surface area contributed by atoms with Crippen LogP contribution < -0.4 is 10.1 Å². The lowest BCUT2D eigenvalue weighted by Crippen LogP contribution is -2.47. The van der Waals surface area contributed by atoms with Crippen LogP contribution in [-0.4, -0.2) is 54.9 Å². The molecule has 1 saturated heterocycles. The first-order chi connectivity index (χ1) is 16.7. The fourth-order valence-corrected chi connectivity index (χ4v) is 3.67. The van der Waals surface area contributed by atoms with Crippen molar-refractivity contribution >= 4 is 41.0 Å². The number of ketones is 1. The number of ether oxygens (including phenoxy) is 2. The lowest BCUT2D eigenvalue weighted by atomic mass is 10.1. The van der Waals surface area contributed by atoms with E-state index in [9.17, 15) is 23.2 Å². The van der Waals surface area contributed by atoms with E-state index in [4.69, 9.17) is 21.1 Å². The number of halogens is 3. The van der Waals surface area contributed by atoms with Crippen molar-refractivity contribution in [3.63, 3.8) is 0 Å². The van der Waals surface area contributed by atoms with Gasteiger partial charge in [0.05, 0.1) is 13.2 Å². The maximum Gasteiger partial charge on any atom is 0.246 e. The van der Waals surface area contributed by atoms with E-state index in [2.05, 4.69) is 5.32 Å². The zero-order chi connectivity index (χ0) is 25.5. The van der Waals surface area contributed by atoms with Gasteiger partial charge in [-0.1, -0.05) is 24.6 Å². The molecule has 0 spiro atoms. The number of nitrogens with zero attached hydrogens (tertiary/aromatic N) is 1. The Balaban J connectivity index is 1.62. The molecule has 3 rings (SSSR count). The molecule has 1 fully saturated rings. The summed E-state index contributed by atoms with van der Waals surface area (Å²) in [6, 6.07) is 6.78. The van der Waals surface area contributed by atoms with Gasteiger partial charge in [-0.25, -0.2) is 8.78 Å². The number of hydrogen-bond acceptors (Lipinski definition) is 5. The van der Waals surface area contributed by atoms with Crippen molar-refractivity contribution in [2.75, 3.05) is 31.6 Å². The van der Waals surface area contributed by atoms with Gasteiger partial charge in [0.2, 0.25) is 11.8 Å². The standard InChI is InChI=1S/C25H25ClF2N2O5/c1-3-23(32)17-10-20(27)25(21(28)11-17)35-14-19-13-30(8-9-34-19)24(33)7-5-16-4-6-18(26)12-22(16)29-15(2)31/h4-7,10-12,19H,3,8-9,13-14H2,1-2H3,(H,29,31). The zero-order valence-electron chi connectivity index (χ0n) is 19.3. The van der Waals surface area contributed by atoms with E-state index in [-0.39, 0.29) is 49.3 Å². The van der Waals surface area contributed by atoms with Gasteiger partial charge in [0, 0.05) is 42.2 Å². The van der Waals surface area contributed by atoms with E-state index in [1.54, 1.807) is 31.2 Å². The summed E-state index contributed by atoms with van der Waals surface area (Å²) in [5.41, 5.74) is 1.01. The highest BCUT2D eigenvalue weighted by molar-refractivity contribution is 6.31. The molecule has 0 bridgehead atoms. The Hall–Kier alpha value is -3.30. The van der Waals surface area contributed by atoms with Crippen molar-refractivity contribution in [2.24, 2.45) is 0 Å². The smallest absolute Gasteiger partial charge is 0.246 e. The van der Waals surface area contributed by atoms with E-state index in [1.165, 1.54) is 17.9 Å². The van der Waals surface area contributed by atoms with Crippen LogP contribution in [0.2, 0.25) is 5.02 Å². The van der Waals surface area contributed by atoms with Gasteiger partial charge < -0.3 is 19.7 Å². The van der Waals surface area contributed by atoms with E-state index in [1.807, 2.05) is 0 Å². The summed E-state index contributed by atoms with van der Waals surface area (Å²) in [4.78, 5) is 37.4. The number of amides is 2. The third-order valence-corrected chi connectivity index (χ3v) is 5.47. The van der Waals surface area contributed by atoms with Crippen molar-refractivity contribution in [3.8, 4) is 5.75 Å². The highest BCUT2D eigenvalue weighted by Gasteiger charge is 2.25. The van der Waals surface area contributed by atoms with Gasteiger partial charge in [-0.2, -0.15) is 0 Å². The molecule has 2 aromatic carbocycles. The van der Waals surface area contributed by atoms with Gasteiger partial charge in [-0.05, 0) is 35.9 Å². The van der Waals surface area contributed by atoms with Gasteiger partial charge >= 0.3 is 0 Å². The quantitative estimate of drug-likeness (QED) is 0.421. The molecule has 0 saturated carbocycles. The third-order valence-electron chi connectivity index (χ3n) is 5.24. The predicted octanol–water partition coefficient (Wildman–Crippen LogP) is 4.49. The van der Waals surface area contributed by atoms with Crippen LogP contribution in [0.25, 0.3) is 6.08 Å². The average Bonchev–Trinajstić information content (AvgIpc) is 2.82. The number of hydrogen-bond donors (Lipinski definition) is 1. The summed E-state index contributed by atoms with van der Waals surface area (Å²) in [5.74, 6) is -3.52. The monoisotopic (exact) mass is 506 g/mol. The summed E-state index contributed by atoms with van der Waals surface area (Å²) in [6.45, 7) is 3.48. The number of morpholine rings is 1. The summed E-state index contributed by atoms with van der Waals surface area (Å²) in [5, 5.41) is 3.10. The van der Waals surface area contributed by atoms with Crippen molar-refractivity contribution in [2.45, 2.75) is 26.4 Å². The highest BCUT2D eigenvalue weighted by atomic mass is 35.5. The molecule has 1 N–H and O–H groups in total. The van der Waals surface area contributed by atoms with Crippen LogP contribution in [-0.2, 0) is 14.3 Å². The Morgan fingerprint density at radius 3 is 2.60 bits per heavy atom. The van der Waals surface area contributed by atoms with Gasteiger partial charge in [0.15, 0.2) is 23.2 Å². The first kappa shape index (κ1) is 26.3. The van der Waals surface area contributed by atoms with Crippen LogP contribution in [0.15, 0.2) is 36.4 Å². The second-order valence-corrected chi connectivity index (χ2v) is 8.32. The Morgan fingerprint density at radius 1 is 1.23 bits per heavy atom. The van der Waals surface area contributed by atoms with E-state index >= 15 is 0 Å². The molecule has 2 aromatic rings. The number of anilines is 1. The lowest BCUT2D eigenvalue weighted by Gasteiger charge is -2.32. The molecule has 186 valence electrons. The molecule has 10 heteroatoms. The highest BCUT2D eigenvalue weighted by Crippen LogP contribution is 2.25. The fraction of sp³-hybridized carbons (Fsp3) is 0.320. The van der Waals surface area contributed by atoms with Crippen LogP contribution >= 0.6 is 11.6 Å². The minimum Gasteiger partial charge on any atom is -0.485 e. The second kappa shape index (κ2) is 11.9. The van der Waals surface area contributed by atoms with Gasteiger partial charge in [-0.15, -0.1) is 0 Å². The summed E-state index contributed by atoms with van der Waals surface area (Å²) in [7, 11) is 0. The van der Waals surface area contributed by atoms with Gasteiger partial charge in [0.1, 0.15) is 12.7 Å².